The molecule has 2 aromatic rings. The fourth-order valence-electron chi connectivity index (χ4n) is 2.97. The van der Waals surface area contributed by atoms with Crippen molar-refractivity contribution in [3.8, 4) is 22.4 Å². The first kappa shape index (κ1) is 15.8. The maximum absolute atomic E-state index is 13.0. The second kappa shape index (κ2) is 6.66. The van der Waals surface area contributed by atoms with Crippen LogP contribution in [-0.2, 0) is 0 Å². The topological polar surface area (TPSA) is 30.0 Å². The van der Waals surface area contributed by atoms with Crippen LogP contribution in [0.5, 0.6) is 0 Å². The Bertz CT molecular complexity index is 1160. The third-order valence-corrected chi connectivity index (χ3v) is 5.44. The van der Waals surface area contributed by atoms with Crippen LogP contribution in [0.15, 0.2) is 53.3 Å². The highest BCUT2D eigenvalue weighted by atomic mass is 32.1. The molecule has 0 spiro atoms. The smallest absolute Gasteiger partial charge is 0.203 e. The van der Waals surface area contributed by atoms with Crippen molar-refractivity contribution in [3.05, 3.63) is 64.3 Å². The summed E-state index contributed by atoms with van der Waals surface area (Å²) in [6.45, 7) is 2.14. The van der Waals surface area contributed by atoms with E-state index in [4.69, 9.17) is 4.98 Å². The summed E-state index contributed by atoms with van der Waals surface area (Å²) in [5, 5.41) is 1.60. The van der Waals surface area contributed by atoms with Crippen LogP contribution in [-0.4, -0.2) is 4.98 Å². The summed E-state index contributed by atoms with van der Waals surface area (Å²) in [7, 11) is 0. The number of rotatable bonds is 2. The van der Waals surface area contributed by atoms with Crippen molar-refractivity contribution in [2.24, 2.45) is 0 Å². The highest BCUT2D eigenvalue weighted by molar-refractivity contribution is 7.21. The minimum absolute atomic E-state index is 0.0143. The molecule has 25 heavy (non-hydrogen) atoms. The van der Waals surface area contributed by atoms with Crippen molar-refractivity contribution < 1.29 is 0 Å². The first-order valence-corrected chi connectivity index (χ1v) is 9.34. The molecule has 0 bridgehead atoms. The molecule has 0 atom stereocenters. The Morgan fingerprint density at radius 3 is 2.64 bits per heavy atom. The molecular weight excluding hydrogens is 326 g/mol. The average molecular weight is 343 g/mol. The summed E-state index contributed by atoms with van der Waals surface area (Å²) in [4.78, 5) is 18.8. The van der Waals surface area contributed by atoms with Gasteiger partial charge in [0.25, 0.3) is 0 Å². The SMILES string of the molecule is CCCCC#Cc1c2sc3ccccc3nc-2c2ccccc2c1=O. The first-order valence-electron chi connectivity index (χ1n) is 8.52. The minimum atomic E-state index is 0.0143. The van der Waals surface area contributed by atoms with Gasteiger partial charge in [-0.05, 0) is 18.6 Å². The Kier molecular flexibility index (Phi) is 4.21. The predicted octanol–water partition coefficient (Wildman–Crippen LogP) is 5.46. The summed E-state index contributed by atoms with van der Waals surface area (Å²) in [5.41, 5.74) is 2.43. The van der Waals surface area contributed by atoms with E-state index in [1.54, 1.807) is 11.3 Å². The molecule has 0 N–H and O–H groups in total. The van der Waals surface area contributed by atoms with Crippen LogP contribution < -0.4 is 5.43 Å². The van der Waals surface area contributed by atoms with E-state index in [9.17, 15) is 4.79 Å². The highest BCUT2D eigenvalue weighted by Crippen LogP contribution is 2.36. The van der Waals surface area contributed by atoms with E-state index in [1.807, 2.05) is 48.5 Å². The molecule has 0 amide bonds. The zero-order chi connectivity index (χ0) is 17.2. The summed E-state index contributed by atoms with van der Waals surface area (Å²) in [5.74, 6) is 6.33. The number of unbranched alkanes of at least 4 members (excludes halogenated alkanes) is 2. The van der Waals surface area contributed by atoms with Crippen molar-refractivity contribution in [2.45, 2.75) is 26.2 Å². The first-order chi connectivity index (χ1) is 12.3. The maximum atomic E-state index is 13.0. The highest BCUT2D eigenvalue weighted by Gasteiger charge is 2.19. The third kappa shape index (κ3) is 2.79. The summed E-state index contributed by atoms with van der Waals surface area (Å²) in [6.07, 6.45) is 2.97. The number of fused-ring (bicyclic) bond motifs is 4. The molecule has 0 saturated carbocycles. The van der Waals surface area contributed by atoms with E-state index in [1.165, 1.54) is 0 Å². The fraction of sp³-hybridized carbons (Fsp3) is 0.182. The summed E-state index contributed by atoms with van der Waals surface area (Å²) in [6, 6.07) is 15.7. The molecule has 4 rings (SSSR count). The third-order valence-electron chi connectivity index (χ3n) is 4.27. The van der Waals surface area contributed by atoms with Gasteiger partial charge in [0.15, 0.2) is 0 Å². The van der Waals surface area contributed by atoms with Gasteiger partial charge < -0.3 is 0 Å². The molecule has 0 aromatic heterocycles. The second-order valence-corrected chi connectivity index (χ2v) is 7.07. The fourth-order valence-corrected chi connectivity index (χ4v) is 4.06. The van der Waals surface area contributed by atoms with E-state index in [0.29, 0.717) is 10.9 Å². The number of aromatic nitrogens is 1. The Balaban J connectivity index is 2.10. The van der Waals surface area contributed by atoms with Crippen LogP contribution in [0.4, 0.5) is 0 Å². The molecule has 1 heterocycles. The zero-order valence-corrected chi connectivity index (χ0v) is 14.8. The lowest BCUT2D eigenvalue weighted by Crippen LogP contribution is -2.10. The van der Waals surface area contributed by atoms with Crippen LogP contribution in [0, 0.1) is 11.8 Å². The molecule has 0 saturated heterocycles. The van der Waals surface area contributed by atoms with Crippen molar-refractivity contribution in [1.82, 2.24) is 4.98 Å². The lowest BCUT2D eigenvalue weighted by Gasteiger charge is -2.11. The number of hydrogen-bond donors (Lipinski definition) is 0. The van der Waals surface area contributed by atoms with Crippen LogP contribution in [0.3, 0.4) is 0 Å². The van der Waals surface area contributed by atoms with Gasteiger partial charge in [-0.2, -0.15) is 0 Å². The van der Waals surface area contributed by atoms with E-state index >= 15 is 0 Å². The Morgan fingerprint density at radius 2 is 1.80 bits per heavy atom. The molecule has 2 aromatic carbocycles. The molecule has 1 aliphatic carbocycles. The van der Waals surface area contributed by atoms with Crippen molar-refractivity contribution >= 4 is 32.3 Å². The number of benzene rings is 3. The monoisotopic (exact) mass is 343 g/mol. The van der Waals surface area contributed by atoms with Crippen LogP contribution in [0.1, 0.15) is 31.7 Å². The van der Waals surface area contributed by atoms with Crippen molar-refractivity contribution in [3.63, 3.8) is 0 Å². The molecule has 1 aliphatic heterocycles. The molecule has 0 unspecified atom stereocenters. The van der Waals surface area contributed by atoms with Gasteiger partial charge in [-0.15, -0.1) is 11.3 Å². The minimum Gasteiger partial charge on any atom is -0.288 e. The van der Waals surface area contributed by atoms with Crippen molar-refractivity contribution in [2.75, 3.05) is 0 Å². The van der Waals surface area contributed by atoms with Gasteiger partial charge in [0.2, 0.25) is 5.43 Å². The van der Waals surface area contributed by atoms with E-state index in [0.717, 1.165) is 45.4 Å². The zero-order valence-electron chi connectivity index (χ0n) is 14.0. The summed E-state index contributed by atoms with van der Waals surface area (Å²) < 4.78 is 1.07. The normalized spacial score (nSPS) is 10.9. The van der Waals surface area contributed by atoms with Gasteiger partial charge in [-0.1, -0.05) is 61.6 Å². The van der Waals surface area contributed by atoms with Gasteiger partial charge in [-0.25, -0.2) is 4.98 Å². The molecule has 2 nitrogen and oxygen atoms in total. The summed E-state index contributed by atoms with van der Waals surface area (Å²) >= 11 is 1.61. The lowest BCUT2D eigenvalue weighted by atomic mass is 10.0. The molecule has 0 radical (unpaired) electrons. The van der Waals surface area contributed by atoms with Gasteiger partial charge >= 0.3 is 0 Å². The quantitative estimate of drug-likeness (QED) is 0.209. The van der Waals surface area contributed by atoms with Gasteiger partial charge in [0.1, 0.15) is 0 Å². The van der Waals surface area contributed by atoms with Gasteiger partial charge in [-0.3, -0.25) is 4.79 Å². The van der Waals surface area contributed by atoms with Gasteiger partial charge in [0, 0.05) is 17.2 Å². The largest absolute Gasteiger partial charge is 0.288 e. The molecular formula is C22H17NOS. The van der Waals surface area contributed by atoms with Crippen molar-refractivity contribution in [1.29, 1.82) is 0 Å². The predicted molar refractivity (Wildman–Crippen MR) is 106 cm³/mol. The standard InChI is InChI=1S/C22H17NOS/c1-2-3-4-5-12-17-21(24)16-11-7-6-10-15(16)20-22(17)25-19-14-9-8-13-18(19)23-20/h6-11,13-14H,2-4H2,1H3. The van der Waals surface area contributed by atoms with Crippen LogP contribution in [0.25, 0.3) is 31.6 Å². The maximum Gasteiger partial charge on any atom is 0.203 e. The Morgan fingerprint density at radius 1 is 1.04 bits per heavy atom. The van der Waals surface area contributed by atoms with Gasteiger partial charge in [0.05, 0.1) is 26.4 Å². The number of para-hydroxylation sites is 1. The van der Waals surface area contributed by atoms with E-state index in [-0.39, 0.29) is 5.43 Å². The van der Waals surface area contributed by atoms with E-state index in [2.05, 4.69) is 18.8 Å². The lowest BCUT2D eigenvalue weighted by molar-refractivity contribution is 0.828. The number of hydrogen-bond acceptors (Lipinski definition) is 3. The molecule has 3 heteroatoms. The molecule has 0 fully saturated rings. The Hall–Kier alpha value is -2.70. The molecule has 2 aliphatic rings. The van der Waals surface area contributed by atoms with Crippen LogP contribution >= 0.6 is 11.3 Å². The van der Waals surface area contributed by atoms with Crippen LogP contribution in [0.2, 0.25) is 0 Å². The Labute approximate surface area is 150 Å². The van der Waals surface area contributed by atoms with E-state index < -0.39 is 0 Å². The average Bonchev–Trinajstić information content (AvgIpc) is 2.66. The second-order valence-electron chi connectivity index (χ2n) is 6.01. The number of nitrogens with zero attached hydrogens (tertiary/aromatic N) is 1. The molecule has 122 valence electrons.